The number of thiophene rings is 1. The first-order chi connectivity index (χ1) is 9.86. The summed E-state index contributed by atoms with van der Waals surface area (Å²) in [5.41, 5.74) is 1.54. The van der Waals surface area contributed by atoms with E-state index in [-0.39, 0.29) is 0 Å². The number of hydrogen-bond donors (Lipinski definition) is 1. The average molecular weight is 287 g/mol. The zero-order valence-electron chi connectivity index (χ0n) is 12.0. The second-order valence-corrected chi connectivity index (χ2v) is 7.11. The van der Waals surface area contributed by atoms with E-state index < -0.39 is 0 Å². The van der Waals surface area contributed by atoms with Crippen LogP contribution in [0, 0.1) is 0 Å². The van der Waals surface area contributed by atoms with Gasteiger partial charge in [0.25, 0.3) is 0 Å². The predicted molar refractivity (Wildman–Crippen MR) is 84.8 cm³/mol. The first-order valence-electron chi connectivity index (χ1n) is 7.93. The van der Waals surface area contributed by atoms with Gasteiger partial charge >= 0.3 is 0 Å². The van der Waals surface area contributed by atoms with Crippen LogP contribution in [-0.4, -0.2) is 16.5 Å². The van der Waals surface area contributed by atoms with E-state index in [1.165, 1.54) is 54.3 Å². The smallest absolute Gasteiger partial charge is 0.138 e. The molecule has 106 valence electrons. The van der Waals surface area contributed by atoms with Crippen LogP contribution in [0.5, 0.6) is 0 Å². The number of fused-ring (bicyclic) bond motifs is 3. The van der Waals surface area contributed by atoms with Crippen molar-refractivity contribution in [1.29, 1.82) is 0 Å². The van der Waals surface area contributed by atoms with Crippen molar-refractivity contribution in [3.8, 4) is 0 Å². The van der Waals surface area contributed by atoms with Crippen LogP contribution in [0.1, 0.15) is 61.2 Å². The summed E-state index contributed by atoms with van der Waals surface area (Å²) in [6.07, 6.45) is 8.77. The van der Waals surface area contributed by atoms with Crippen molar-refractivity contribution in [2.24, 2.45) is 0 Å². The normalized spacial score (nSPS) is 18.2. The fourth-order valence-electron chi connectivity index (χ4n) is 3.07. The molecule has 4 heteroatoms. The Labute approximate surface area is 123 Å². The van der Waals surface area contributed by atoms with Crippen LogP contribution >= 0.6 is 11.3 Å². The van der Waals surface area contributed by atoms with Gasteiger partial charge in [-0.1, -0.05) is 6.92 Å². The maximum atomic E-state index is 4.88. The number of anilines is 1. The molecule has 2 aromatic heterocycles. The zero-order valence-corrected chi connectivity index (χ0v) is 12.9. The van der Waals surface area contributed by atoms with Gasteiger partial charge in [0, 0.05) is 17.3 Å². The van der Waals surface area contributed by atoms with E-state index in [0.29, 0.717) is 5.92 Å². The van der Waals surface area contributed by atoms with Gasteiger partial charge in [-0.25, -0.2) is 9.97 Å². The first kappa shape index (κ1) is 12.6. The number of hydrogen-bond acceptors (Lipinski definition) is 4. The number of aromatic nitrogens is 2. The predicted octanol–water partition coefficient (Wildman–Crippen LogP) is 4.27. The van der Waals surface area contributed by atoms with E-state index in [1.54, 1.807) is 4.88 Å². The van der Waals surface area contributed by atoms with E-state index >= 15 is 0 Å². The molecule has 1 saturated carbocycles. The maximum absolute atomic E-state index is 4.88. The Morgan fingerprint density at radius 1 is 1.20 bits per heavy atom. The van der Waals surface area contributed by atoms with Crippen LogP contribution < -0.4 is 5.32 Å². The highest BCUT2D eigenvalue weighted by molar-refractivity contribution is 7.19. The molecule has 2 heterocycles. The minimum atomic E-state index is 0.626. The summed E-state index contributed by atoms with van der Waals surface area (Å²) in [4.78, 5) is 12.5. The second kappa shape index (κ2) is 4.99. The Balaban J connectivity index is 1.87. The molecule has 0 spiro atoms. The highest BCUT2D eigenvalue weighted by Crippen LogP contribution is 2.43. The summed E-state index contributed by atoms with van der Waals surface area (Å²) >= 11 is 1.92. The van der Waals surface area contributed by atoms with Gasteiger partial charge in [-0.05, 0) is 50.5 Å². The minimum Gasteiger partial charge on any atom is -0.369 e. The first-order valence-corrected chi connectivity index (χ1v) is 8.74. The van der Waals surface area contributed by atoms with Gasteiger partial charge in [0.2, 0.25) is 0 Å². The highest BCUT2D eigenvalue weighted by atomic mass is 32.1. The van der Waals surface area contributed by atoms with Gasteiger partial charge < -0.3 is 5.32 Å². The SMILES string of the molecule is CCCNc1nc(C2CC2)nc2sc3c(c12)CCCC3. The van der Waals surface area contributed by atoms with Gasteiger partial charge in [-0.15, -0.1) is 11.3 Å². The Kier molecular flexibility index (Phi) is 3.14. The fraction of sp³-hybridized carbons (Fsp3) is 0.625. The van der Waals surface area contributed by atoms with Crippen LogP contribution in [0.3, 0.4) is 0 Å². The van der Waals surface area contributed by atoms with Crippen LogP contribution in [0.2, 0.25) is 0 Å². The van der Waals surface area contributed by atoms with Gasteiger partial charge in [-0.2, -0.15) is 0 Å². The van der Waals surface area contributed by atoms with Crippen molar-refractivity contribution < 1.29 is 0 Å². The summed E-state index contributed by atoms with van der Waals surface area (Å²) in [7, 11) is 0. The average Bonchev–Trinajstić information content (AvgIpc) is 3.25. The van der Waals surface area contributed by atoms with Gasteiger partial charge in [0.15, 0.2) is 0 Å². The number of aryl methyl sites for hydroxylation is 2. The molecule has 1 fully saturated rings. The van der Waals surface area contributed by atoms with E-state index in [9.17, 15) is 0 Å². The number of nitrogens with zero attached hydrogens (tertiary/aromatic N) is 2. The van der Waals surface area contributed by atoms with Crippen molar-refractivity contribution in [2.75, 3.05) is 11.9 Å². The molecule has 1 N–H and O–H groups in total. The van der Waals surface area contributed by atoms with E-state index in [1.807, 2.05) is 11.3 Å². The van der Waals surface area contributed by atoms with E-state index in [4.69, 9.17) is 9.97 Å². The van der Waals surface area contributed by atoms with Crippen molar-refractivity contribution in [3.63, 3.8) is 0 Å². The molecule has 0 unspecified atom stereocenters. The second-order valence-electron chi connectivity index (χ2n) is 6.02. The van der Waals surface area contributed by atoms with Crippen LogP contribution in [0.25, 0.3) is 10.2 Å². The lowest BCUT2D eigenvalue weighted by molar-refractivity contribution is 0.700. The molecule has 3 nitrogen and oxygen atoms in total. The molecule has 2 aliphatic rings. The van der Waals surface area contributed by atoms with E-state index in [0.717, 1.165) is 24.6 Å². The topological polar surface area (TPSA) is 37.8 Å². The molecule has 4 rings (SSSR count). The van der Waals surface area contributed by atoms with E-state index in [2.05, 4.69) is 12.2 Å². The molecule has 0 aromatic carbocycles. The summed E-state index contributed by atoms with van der Waals surface area (Å²) < 4.78 is 0. The molecule has 0 saturated heterocycles. The third-order valence-electron chi connectivity index (χ3n) is 4.32. The Morgan fingerprint density at radius 3 is 2.85 bits per heavy atom. The Bertz CT molecular complexity index is 643. The largest absolute Gasteiger partial charge is 0.369 e. The van der Waals surface area contributed by atoms with Gasteiger partial charge in [0.05, 0.1) is 5.39 Å². The third kappa shape index (κ3) is 2.10. The van der Waals surface area contributed by atoms with Gasteiger partial charge in [0.1, 0.15) is 16.5 Å². The third-order valence-corrected chi connectivity index (χ3v) is 5.50. The lowest BCUT2D eigenvalue weighted by Gasteiger charge is -2.13. The van der Waals surface area contributed by atoms with Crippen molar-refractivity contribution in [2.45, 2.75) is 57.8 Å². The molecule has 0 radical (unpaired) electrons. The molecule has 0 atom stereocenters. The van der Waals surface area contributed by atoms with Crippen molar-refractivity contribution in [1.82, 2.24) is 9.97 Å². The Morgan fingerprint density at radius 2 is 2.05 bits per heavy atom. The molecule has 20 heavy (non-hydrogen) atoms. The van der Waals surface area contributed by atoms with Crippen LogP contribution in [0.15, 0.2) is 0 Å². The van der Waals surface area contributed by atoms with Crippen molar-refractivity contribution >= 4 is 27.4 Å². The monoisotopic (exact) mass is 287 g/mol. The Hall–Kier alpha value is -1.16. The summed E-state index contributed by atoms with van der Waals surface area (Å²) in [6, 6.07) is 0. The van der Waals surface area contributed by atoms with Gasteiger partial charge in [-0.3, -0.25) is 0 Å². The lowest BCUT2D eigenvalue weighted by Crippen LogP contribution is -2.07. The number of rotatable bonds is 4. The highest BCUT2D eigenvalue weighted by Gasteiger charge is 2.29. The summed E-state index contributed by atoms with van der Waals surface area (Å²) in [6.45, 7) is 3.21. The standard InChI is InChI=1S/C16H21N3S/c1-2-9-17-15-13-11-5-3-4-6-12(11)20-16(13)19-14(18-15)10-7-8-10/h10H,2-9H2,1H3,(H,17,18,19). The molecule has 0 aliphatic heterocycles. The minimum absolute atomic E-state index is 0.626. The molecule has 2 aliphatic carbocycles. The lowest BCUT2D eigenvalue weighted by atomic mass is 9.97. The molecule has 0 amide bonds. The summed E-state index contributed by atoms with van der Waals surface area (Å²) in [5, 5.41) is 4.89. The quantitative estimate of drug-likeness (QED) is 0.912. The molecule has 2 aromatic rings. The maximum Gasteiger partial charge on any atom is 0.138 e. The molecule has 0 bridgehead atoms. The number of nitrogens with one attached hydrogen (secondary N) is 1. The van der Waals surface area contributed by atoms with Crippen molar-refractivity contribution in [3.05, 3.63) is 16.3 Å². The van der Waals surface area contributed by atoms with Crippen LogP contribution in [-0.2, 0) is 12.8 Å². The summed E-state index contributed by atoms with van der Waals surface area (Å²) in [5.74, 6) is 2.81. The fourth-order valence-corrected chi connectivity index (χ4v) is 4.34. The van der Waals surface area contributed by atoms with Crippen LogP contribution in [0.4, 0.5) is 5.82 Å². The molecular weight excluding hydrogens is 266 g/mol. The zero-order chi connectivity index (χ0) is 13.5. The molecular formula is C16H21N3S.